The highest BCUT2D eigenvalue weighted by molar-refractivity contribution is 9.10. The number of likely N-dealkylation sites (tertiary alicyclic amines) is 1. The number of pyridine rings is 1. The lowest BCUT2D eigenvalue weighted by Gasteiger charge is -2.43. The first-order valence-corrected chi connectivity index (χ1v) is 8.30. The van der Waals surface area contributed by atoms with E-state index in [1.807, 2.05) is 12.4 Å². The summed E-state index contributed by atoms with van der Waals surface area (Å²) in [4.78, 5) is 11.9. The minimum atomic E-state index is 0.761. The summed E-state index contributed by atoms with van der Waals surface area (Å²) < 4.78 is 1.06. The van der Waals surface area contributed by atoms with E-state index in [-0.39, 0.29) is 0 Å². The molecular weight excluding hydrogens is 316 g/mol. The van der Waals surface area contributed by atoms with Crippen LogP contribution in [0, 0.1) is 0 Å². The van der Waals surface area contributed by atoms with Crippen LogP contribution in [0.3, 0.4) is 0 Å². The zero-order valence-electron chi connectivity index (χ0n) is 12.1. The summed E-state index contributed by atoms with van der Waals surface area (Å²) in [6.45, 7) is 7.06. The summed E-state index contributed by atoms with van der Waals surface area (Å²) in [6.07, 6.45) is 6.52. The lowest BCUT2D eigenvalue weighted by Crippen LogP contribution is -2.54. The van der Waals surface area contributed by atoms with E-state index in [0.29, 0.717) is 0 Å². The van der Waals surface area contributed by atoms with Gasteiger partial charge in [-0.1, -0.05) is 0 Å². The Morgan fingerprint density at radius 1 is 1.15 bits per heavy atom. The molecule has 1 aromatic heterocycles. The topological polar surface area (TPSA) is 22.6 Å². The Labute approximate surface area is 129 Å². The van der Waals surface area contributed by atoms with Crippen LogP contribution in [0.2, 0.25) is 0 Å². The maximum Gasteiger partial charge on any atom is 0.0564 e. The van der Waals surface area contributed by atoms with Crippen molar-refractivity contribution >= 4 is 21.6 Å². The molecule has 0 bridgehead atoms. The van der Waals surface area contributed by atoms with E-state index in [2.05, 4.69) is 48.7 Å². The van der Waals surface area contributed by atoms with Crippen LogP contribution >= 0.6 is 15.9 Å². The van der Waals surface area contributed by atoms with E-state index < -0.39 is 0 Å². The fourth-order valence-electron chi connectivity index (χ4n) is 3.36. The highest BCUT2D eigenvalue weighted by Gasteiger charge is 2.26. The molecule has 0 N–H and O–H groups in total. The third-order valence-electron chi connectivity index (χ3n) is 4.49. The maximum atomic E-state index is 4.27. The molecule has 110 valence electrons. The number of hydrogen-bond acceptors (Lipinski definition) is 4. The van der Waals surface area contributed by atoms with Gasteiger partial charge in [0.15, 0.2) is 0 Å². The summed E-state index contributed by atoms with van der Waals surface area (Å²) >= 11 is 3.50. The van der Waals surface area contributed by atoms with Crippen molar-refractivity contribution in [3.8, 4) is 0 Å². The number of anilines is 1. The molecule has 3 rings (SSSR count). The molecule has 3 heterocycles. The summed E-state index contributed by atoms with van der Waals surface area (Å²) in [7, 11) is 2.25. The first kappa shape index (κ1) is 14.3. The van der Waals surface area contributed by atoms with Crippen LogP contribution in [0.1, 0.15) is 12.8 Å². The lowest BCUT2D eigenvalue weighted by atomic mass is 10.0. The molecule has 0 aliphatic carbocycles. The Balaban J connectivity index is 1.56. The molecule has 1 aromatic rings. The SMILES string of the molecule is CN1CCC[C@@H](N2CCN(c3cncc(Br)c3)CC2)C1. The van der Waals surface area contributed by atoms with E-state index in [9.17, 15) is 0 Å². The molecule has 2 aliphatic rings. The zero-order chi connectivity index (χ0) is 13.9. The van der Waals surface area contributed by atoms with Gasteiger partial charge in [-0.25, -0.2) is 0 Å². The molecule has 4 nitrogen and oxygen atoms in total. The fraction of sp³-hybridized carbons (Fsp3) is 0.667. The van der Waals surface area contributed by atoms with Gasteiger partial charge in [-0.05, 0) is 48.4 Å². The van der Waals surface area contributed by atoms with Crippen LogP contribution in [0.15, 0.2) is 22.9 Å². The Morgan fingerprint density at radius 2 is 1.95 bits per heavy atom. The van der Waals surface area contributed by atoms with Gasteiger partial charge in [0.25, 0.3) is 0 Å². The highest BCUT2D eigenvalue weighted by Crippen LogP contribution is 2.22. The van der Waals surface area contributed by atoms with Crippen molar-refractivity contribution in [1.82, 2.24) is 14.8 Å². The number of piperazine rings is 1. The smallest absolute Gasteiger partial charge is 0.0564 e. The van der Waals surface area contributed by atoms with Crippen molar-refractivity contribution in [3.63, 3.8) is 0 Å². The van der Waals surface area contributed by atoms with E-state index in [0.717, 1.165) is 23.6 Å². The molecule has 2 saturated heterocycles. The molecule has 2 aliphatic heterocycles. The predicted molar refractivity (Wildman–Crippen MR) is 86.2 cm³/mol. The van der Waals surface area contributed by atoms with E-state index in [1.54, 1.807) is 0 Å². The van der Waals surface area contributed by atoms with Gasteiger partial charge in [-0.2, -0.15) is 0 Å². The predicted octanol–water partition coefficient (Wildman–Crippen LogP) is 2.06. The molecular formula is C15H23BrN4. The second kappa shape index (κ2) is 6.41. The molecule has 0 aromatic carbocycles. The maximum absolute atomic E-state index is 4.27. The summed E-state index contributed by atoms with van der Waals surface area (Å²) in [5.41, 5.74) is 1.24. The number of likely N-dealkylation sites (N-methyl/N-ethyl adjacent to an activating group) is 1. The van der Waals surface area contributed by atoms with Crippen LogP contribution in [0.4, 0.5) is 5.69 Å². The summed E-state index contributed by atoms with van der Waals surface area (Å²) in [6, 6.07) is 2.92. The van der Waals surface area contributed by atoms with Crippen molar-refractivity contribution in [2.75, 3.05) is 51.2 Å². The molecule has 20 heavy (non-hydrogen) atoms. The van der Waals surface area contributed by atoms with Crippen molar-refractivity contribution in [2.45, 2.75) is 18.9 Å². The second-order valence-corrected chi connectivity index (χ2v) is 6.86. The molecule has 1 atom stereocenters. The Kier molecular flexibility index (Phi) is 4.58. The van der Waals surface area contributed by atoms with Crippen LogP contribution in [0.25, 0.3) is 0 Å². The molecule has 0 saturated carbocycles. The van der Waals surface area contributed by atoms with Gasteiger partial charge in [-0.3, -0.25) is 9.88 Å². The van der Waals surface area contributed by atoms with Gasteiger partial charge >= 0.3 is 0 Å². The van der Waals surface area contributed by atoms with Gasteiger partial charge in [0.05, 0.1) is 11.9 Å². The summed E-state index contributed by atoms with van der Waals surface area (Å²) in [5.74, 6) is 0. The first-order valence-electron chi connectivity index (χ1n) is 7.50. The molecule has 2 fully saturated rings. The number of piperidine rings is 1. The molecule has 5 heteroatoms. The molecule has 0 radical (unpaired) electrons. The monoisotopic (exact) mass is 338 g/mol. The average Bonchev–Trinajstić information content (AvgIpc) is 2.47. The molecule has 0 unspecified atom stereocenters. The number of hydrogen-bond donors (Lipinski definition) is 0. The largest absolute Gasteiger partial charge is 0.368 e. The Bertz CT molecular complexity index is 445. The lowest BCUT2D eigenvalue weighted by molar-refractivity contribution is 0.106. The number of rotatable bonds is 2. The molecule has 0 amide bonds. The summed E-state index contributed by atoms with van der Waals surface area (Å²) in [5, 5.41) is 0. The first-order chi connectivity index (χ1) is 9.72. The van der Waals surface area contributed by atoms with E-state index in [4.69, 9.17) is 0 Å². The van der Waals surface area contributed by atoms with Gasteiger partial charge < -0.3 is 9.80 Å². The van der Waals surface area contributed by atoms with E-state index >= 15 is 0 Å². The Hall–Kier alpha value is -0.650. The zero-order valence-corrected chi connectivity index (χ0v) is 13.7. The third-order valence-corrected chi connectivity index (χ3v) is 4.92. The van der Waals surface area contributed by atoms with Gasteiger partial charge in [0.1, 0.15) is 0 Å². The van der Waals surface area contributed by atoms with Crippen LogP contribution in [-0.2, 0) is 0 Å². The molecule has 0 spiro atoms. The van der Waals surface area contributed by atoms with E-state index in [1.165, 1.54) is 44.7 Å². The van der Waals surface area contributed by atoms with Gasteiger partial charge in [0, 0.05) is 49.4 Å². The highest BCUT2D eigenvalue weighted by atomic mass is 79.9. The van der Waals surface area contributed by atoms with Crippen molar-refractivity contribution in [1.29, 1.82) is 0 Å². The number of halogens is 1. The normalized spacial score (nSPS) is 25.9. The van der Waals surface area contributed by atoms with Crippen molar-refractivity contribution in [2.24, 2.45) is 0 Å². The second-order valence-electron chi connectivity index (χ2n) is 5.94. The Morgan fingerprint density at radius 3 is 2.65 bits per heavy atom. The van der Waals surface area contributed by atoms with Crippen molar-refractivity contribution < 1.29 is 0 Å². The van der Waals surface area contributed by atoms with Crippen LogP contribution < -0.4 is 4.90 Å². The minimum Gasteiger partial charge on any atom is -0.368 e. The average molecular weight is 339 g/mol. The van der Waals surface area contributed by atoms with Gasteiger partial charge in [0.2, 0.25) is 0 Å². The third kappa shape index (κ3) is 3.32. The standard InChI is InChI=1S/C15H23BrN4/c1-18-4-2-3-14(12-18)19-5-7-20(8-6-19)15-9-13(16)10-17-11-15/h9-11,14H,2-8,12H2,1H3/t14-/m1/s1. The quantitative estimate of drug-likeness (QED) is 0.823. The van der Waals surface area contributed by atoms with Crippen LogP contribution in [0.5, 0.6) is 0 Å². The fourth-order valence-corrected chi connectivity index (χ4v) is 3.71. The van der Waals surface area contributed by atoms with Gasteiger partial charge in [-0.15, -0.1) is 0 Å². The minimum absolute atomic E-state index is 0.761. The number of aromatic nitrogens is 1. The number of nitrogens with zero attached hydrogens (tertiary/aromatic N) is 4. The van der Waals surface area contributed by atoms with Crippen molar-refractivity contribution in [3.05, 3.63) is 22.9 Å². The van der Waals surface area contributed by atoms with Crippen LogP contribution in [-0.4, -0.2) is 67.1 Å².